The van der Waals surface area contributed by atoms with Crippen LogP contribution in [0.5, 0.6) is 0 Å². The molecule has 1 aromatic carbocycles. The molecular weight excluding hydrogens is 334 g/mol. The number of esters is 2. The molecule has 0 saturated heterocycles. The Morgan fingerprint density at radius 2 is 1.50 bits per heavy atom. The molecule has 6 heteroatoms. The highest BCUT2D eigenvalue weighted by Crippen LogP contribution is 2.26. The monoisotopic (exact) mass is 363 g/mol. The van der Waals surface area contributed by atoms with Crippen LogP contribution in [0.25, 0.3) is 0 Å². The first kappa shape index (κ1) is 21.7. The van der Waals surface area contributed by atoms with Gasteiger partial charge < -0.3 is 14.4 Å². The number of likely N-dealkylation sites (N-methyl/N-ethyl adjacent to an activating group) is 1. The number of amides is 1. The maximum atomic E-state index is 12.8. The minimum atomic E-state index is -0.555. The smallest absolute Gasteiger partial charge is 0.303 e. The molecule has 0 fully saturated rings. The molecule has 0 heterocycles. The van der Waals surface area contributed by atoms with E-state index in [-0.39, 0.29) is 29.9 Å². The van der Waals surface area contributed by atoms with Gasteiger partial charge in [-0.15, -0.1) is 0 Å². The molecule has 1 aromatic rings. The summed E-state index contributed by atoms with van der Waals surface area (Å²) in [7, 11) is 1.69. The zero-order valence-electron chi connectivity index (χ0n) is 16.4. The van der Waals surface area contributed by atoms with Crippen molar-refractivity contribution >= 4 is 17.8 Å². The van der Waals surface area contributed by atoms with Gasteiger partial charge in [-0.1, -0.05) is 37.3 Å². The van der Waals surface area contributed by atoms with E-state index in [2.05, 4.69) is 0 Å². The van der Waals surface area contributed by atoms with E-state index in [1.165, 1.54) is 13.8 Å². The predicted octanol–water partition coefficient (Wildman–Crippen LogP) is 3.12. The van der Waals surface area contributed by atoms with Crippen molar-refractivity contribution in [1.29, 1.82) is 0 Å². The van der Waals surface area contributed by atoms with Gasteiger partial charge >= 0.3 is 11.9 Å². The lowest BCUT2D eigenvalue weighted by atomic mass is 9.98. The molecule has 26 heavy (non-hydrogen) atoms. The number of nitrogens with zero attached hydrogens (tertiary/aromatic N) is 1. The second-order valence-corrected chi connectivity index (χ2v) is 6.69. The lowest BCUT2D eigenvalue weighted by Crippen LogP contribution is -2.43. The Balaban J connectivity index is 2.86. The average molecular weight is 363 g/mol. The van der Waals surface area contributed by atoms with E-state index in [4.69, 9.17) is 9.47 Å². The number of carbonyl (C=O) groups is 3. The summed E-state index contributed by atoms with van der Waals surface area (Å²) >= 11 is 0. The van der Waals surface area contributed by atoms with Crippen molar-refractivity contribution in [2.24, 2.45) is 5.92 Å². The lowest BCUT2D eigenvalue weighted by molar-refractivity contribution is -0.154. The average Bonchev–Trinajstić information content (AvgIpc) is 2.57. The first-order valence-electron chi connectivity index (χ1n) is 8.79. The van der Waals surface area contributed by atoms with Crippen molar-refractivity contribution in [2.45, 2.75) is 59.3 Å². The molecule has 0 aliphatic carbocycles. The van der Waals surface area contributed by atoms with E-state index in [1.54, 1.807) is 25.8 Å². The number of benzene rings is 1. The molecule has 0 aliphatic heterocycles. The molecule has 4 atom stereocenters. The van der Waals surface area contributed by atoms with Crippen molar-refractivity contribution in [3.8, 4) is 0 Å². The van der Waals surface area contributed by atoms with Crippen LogP contribution in [0.1, 0.15) is 52.7 Å². The summed E-state index contributed by atoms with van der Waals surface area (Å²) in [6, 6.07) is 9.00. The second kappa shape index (κ2) is 9.94. The van der Waals surface area contributed by atoms with E-state index in [0.717, 1.165) is 5.56 Å². The minimum absolute atomic E-state index is 0.0930. The first-order chi connectivity index (χ1) is 12.1. The van der Waals surface area contributed by atoms with Gasteiger partial charge in [-0.05, 0) is 25.8 Å². The Labute approximate surface area is 155 Å². The second-order valence-electron chi connectivity index (χ2n) is 6.69. The molecule has 0 spiro atoms. The van der Waals surface area contributed by atoms with Crippen molar-refractivity contribution < 1.29 is 23.9 Å². The van der Waals surface area contributed by atoms with E-state index in [9.17, 15) is 14.4 Å². The number of ether oxygens (including phenoxy) is 2. The third-order valence-corrected chi connectivity index (χ3v) is 4.29. The Morgan fingerprint density at radius 3 is 2.00 bits per heavy atom. The third kappa shape index (κ3) is 6.50. The highest BCUT2D eigenvalue weighted by atomic mass is 16.5. The topological polar surface area (TPSA) is 72.9 Å². The van der Waals surface area contributed by atoms with Crippen LogP contribution in [0.4, 0.5) is 0 Å². The van der Waals surface area contributed by atoms with Crippen LogP contribution < -0.4 is 0 Å². The Kier molecular flexibility index (Phi) is 8.29. The molecule has 0 aromatic heterocycles. The van der Waals surface area contributed by atoms with Gasteiger partial charge in [0.15, 0.2) is 0 Å². The fraction of sp³-hybridized carbons (Fsp3) is 0.550. The van der Waals surface area contributed by atoms with Gasteiger partial charge in [0.1, 0.15) is 6.10 Å². The first-order valence-corrected chi connectivity index (χ1v) is 8.79. The Hall–Kier alpha value is -2.37. The SMILES string of the molecule is CC(=O)O[C@@H](C)C[C@@H](C)C(=O)N(C)[C@@H](C)[C@@H](OC(C)=O)c1ccccc1. The summed E-state index contributed by atoms with van der Waals surface area (Å²) in [4.78, 5) is 36.9. The van der Waals surface area contributed by atoms with Gasteiger partial charge in [0, 0.05) is 26.8 Å². The molecule has 0 N–H and O–H groups in total. The van der Waals surface area contributed by atoms with Gasteiger partial charge in [0.25, 0.3) is 0 Å². The molecule has 0 saturated carbocycles. The molecule has 1 rings (SSSR count). The van der Waals surface area contributed by atoms with Crippen LogP contribution in [0.2, 0.25) is 0 Å². The van der Waals surface area contributed by atoms with Crippen LogP contribution in [0.3, 0.4) is 0 Å². The van der Waals surface area contributed by atoms with Gasteiger partial charge in [-0.25, -0.2) is 0 Å². The predicted molar refractivity (Wildman–Crippen MR) is 98.2 cm³/mol. The van der Waals surface area contributed by atoms with Crippen LogP contribution in [-0.4, -0.2) is 41.9 Å². The maximum absolute atomic E-state index is 12.8. The van der Waals surface area contributed by atoms with E-state index >= 15 is 0 Å². The van der Waals surface area contributed by atoms with Crippen LogP contribution in [-0.2, 0) is 23.9 Å². The summed E-state index contributed by atoms with van der Waals surface area (Å²) in [6.07, 6.45) is -0.465. The molecule has 144 valence electrons. The molecule has 0 radical (unpaired) electrons. The zero-order chi connectivity index (χ0) is 19.9. The normalized spacial score (nSPS) is 15.3. The Bertz CT molecular complexity index is 616. The number of hydrogen-bond donors (Lipinski definition) is 0. The number of hydrogen-bond acceptors (Lipinski definition) is 5. The summed E-state index contributed by atoms with van der Waals surface area (Å²) in [6.45, 7) is 8.12. The highest BCUT2D eigenvalue weighted by molar-refractivity contribution is 5.78. The fourth-order valence-electron chi connectivity index (χ4n) is 2.95. The number of rotatable bonds is 8. The largest absolute Gasteiger partial charge is 0.463 e. The van der Waals surface area contributed by atoms with E-state index in [1.807, 2.05) is 37.3 Å². The van der Waals surface area contributed by atoms with E-state index in [0.29, 0.717) is 6.42 Å². The summed E-state index contributed by atoms with van der Waals surface area (Å²) < 4.78 is 10.6. The zero-order valence-corrected chi connectivity index (χ0v) is 16.4. The maximum Gasteiger partial charge on any atom is 0.303 e. The van der Waals surface area contributed by atoms with Crippen molar-refractivity contribution in [1.82, 2.24) is 4.90 Å². The van der Waals surface area contributed by atoms with Gasteiger partial charge in [0.05, 0.1) is 12.1 Å². The fourth-order valence-corrected chi connectivity index (χ4v) is 2.95. The highest BCUT2D eigenvalue weighted by Gasteiger charge is 2.31. The summed E-state index contributed by atoms with van der Waals surface area (Å²) in [5.41, 5.74) is 0.829. The lowest BCUT2D eigenvalue weighted by Gasteiger charge is -2.33. The van der Waals surface area contributed by atoms with Crippen LogP contribution >= 0.6 is 0 Å². The summed E-state index contributed by atoms with van der Waals surface area (Å²) in [5, 5.41) is 0. The number of carbonyl (C=O) groups excluding carboxylic acids is 3. The Morgan fingerprint density at radius 1 is 0.962 bits per heavy atom. The van der Waals surface area contributed by atoms with Crippen LogP contribution in [0.15, 0.2) is 30.3 Å². The van der Waals surface area contributed by atoms with Gasteiger partial charge in [-0.2, -0.15) is 0 Å². The molecule has 0 unspecified atom stereocenters. The quantitative estimate of drug-likeness (QED) is 0.664. The molecule has 1 amide bonds. The van der Waals surface area contributed by atoms with Crippen molar-refractivity contribution in [3.63, 3.8) is 0 Å². The minimum Gasteiger partial charge on any atom is -0.463 e. The standard InChI is InChI=1S/C20H29NO5/c1-13(12-14(2)25-16(4)22)20(24)21(6)15(3)19(26-17(5)23)18-10-8-7-9-11-18/h7-11,13-15,19H,12H2,1-6H3/t13-,14+,15+,19-/m1/s1. The van der Waals surface area contributed by atoms with Crippen molar-refractivity contribution in [3.05, 3.63) is 35.9 Å². The van der Waals surface area contributed by atoms with Gasteiger partial charge in [0.2, 0.25) is 5.91 Å². The molecule has 0 bridgehead atoms. The van der Waals surface area contributed by atoms with Crippen molar-refractivity contribution in [2.75, 3.05) is 7.05 Å². The van der Waals surface area contributed by atoms with Crippen LogP contribution in [0, 0.1) is 5.92 Å². The summed E-state index contributed by atoms with van der Waals surface area (Å²) in [5.74, 6) is -1.18. The molecule has 6 nitrogen and oxygen atoms in total. The van der Waals surface area contributed by atoms with E-state index < -0.39 is 12.1 Å². The molecular formula is C20H29NO5. The molecule has 0 aliphatic rings. The van der Waals surface area contributed by atoms with Gasteiger partial charge in [-0.3, -0.25) is 14.4 Å². The third-order valence-electron chi connectivity index (χ3n) is 4.29.